The zero-order valence-corrected chi connectivity index (χ0v) is 17.9. The van der Waals surface area contributed by atoms with Crippen LogP contribution in [0.1, 0.15) is 23.5 Å². The Morgan fingerprint density at radius 3 is 2.84 bits per heavy atom. The highest BCUT2D eigenvalue weighted by Crippen LogP contribution is 2.37. The van der Waals surface area contributed by atoms with E-state index in [-0.39, 0.29) is 40.3 Å². The smallest absolute Gasteiger partial charge is 0.269 e. The molecule has 0 saturated heterocycles. The van der Waals surface area contributed by atoms with Gasteiger partial charge in [0.05, 0.1) is 27.3 Å². The molecule has 1 heterocycles. The molecule has 0 aliphatic carbocycles. The van der Waals surface area contributed by atoms with Gasteiger partial charge in [-0.2, -0.15) is 5.26 Å². The Labute approximate surface area is 187 Å². The Morgan fingerprint density at radius 1 is 1.39 bits per heavy atom. The van der Waals surface area contributed by atoms with Crippen LogP contribution in [0.3, 0.4) is 0 Å². The van der Waals surface area contributed by atoms with Crippen LogP contribution < -0.4 is 10.6 Å². The van der Waals surface area contributed by atoms with Gasteiger partial charge in [-0.3, -0.25) is 19.7 Å². The number of rotatable bonds is 6. The van der Waals surface area contributed by atoms with Crippen LogP contribution in [0.4, 0.5) is 11.4 Å². The maximum atomic E-state index is 12.4. The van der Waals surface area contributed by atoms with Crippen molar-refractivity contribution in [3.05, 3.63) is 79.3 Å². The molecule has 2 aromatic rings. The summed E-state index contributed by atoms with van der Waals surface area (Å²) >= 11 is 7.09. The van der Waals surface area contributed by atoms with Crippen molar-refractivity contribution in [3.63, 3.8) is 0 Å². The average Bonchev–Trinajstić information content (AvgIpc) is 2.75. The standard InChI is InChI=1S/C21H17ClN4O4S/c1-12-17(22)6-3-7-18(12)24-20(28)11-31-21-16(10-23)15(9-19(27)25-21)13-4-2-5-14(8-13)26(29)30/h2-8,15H,9,11H2,1H3,(H,24,28)(H,25,27)/t15-/m0/s1. The predicted molar refractivity (Wildman–Crippen MR) is 119 cm³/mol. The molecular formula is C21H17ClN4O4S. The number of non-ortho nitro benzene ring substituents is 1. The molecule has 0 bridgehead atoms. The van der Waals surface area contributed by atoms with E-state index in [0.29, 0.717) is 16.3 Å². The third-order valence-electron chi connectivity index (χ3n) is 4.73. The number of benzene rings is 2. The maximum absolute atomic E-state index is 12.4. The third kappa shape index (κ3) is 5.23. The SMILES string of the molecule is Cc1c(Cl)cccc1NC(=O)CSC1=C(C#N)[C@H](c2cccc([N+](=O)[O-])c2)CC(=O)N1. The first-order chi connectivity index (χ1) is 14.8. The summed E-state index contributed by atoms with van der Waals surface area (Å²) in [7, 11) is 0. The molecule has 0 unspecified atom stereocenters. The van der Waals surface area contributed by atoms with Crippen molar-refractivity contribution in [1.29, 1.82) is 5.26 Å². The van der Waals surface area contributed by atoms with Gasteiger partial charge in [-0.1, -0.05) is 41.6 Å². The Hall–Kier alpha value is -3.35. The van der Waals surface area contributed by atoms with E-state index in [1.165, 1.54) is 18.2 Å². The number of nitro groups is 1. The van der Waals surface area contributed by atoms with Gasteiger partial charge in [0.2, 0.25) is 11.8 Å². The summed E-state index contributed by atoms with van der Waals surface area (Å²) in [5.74, 6) is -1.33. The van der Waals surface area contributed by atoms with Crippen LogP contribution in [-0.4, -0.2) is 22.5 Å². The molecule has 1 aliphatic heterocycles. The van der Waals surface area contributed by atoms with Gasteiger partial charge in [-0.05, 0) is 30.2 Å². The molecule has 1 atom stereocenters. The number of hydrogen-bond acceptors (Lipinski definition) is 6. The molecule has 0 saturated carbocycles. The number of nitro benzene ring substituents is 1. The molecule has 0 aromatic heterocycles. The Bertz CT molecular complexity index is 1140. The zero-order chi connectivity index (χ0) is 22.5. The lowest BCUT2D eigenvalue weighted by Crippen LogP contribution is -2.31. The maximum Gasteiger partial charge on any atom is 0.269 e. The number of nitrogens with zero attached hydrogens (tertiary/aromatic N) is 2. The van der Waals surface area contributed by atoms with Gasteiger partial charge in [-0.15, -0.1) is 0 Å². The van der Waals surface area contributed by atoms with Crippen molar-refractivity contribution in [2.24, 2.45) is 0 Å². The lowest BCUT2D eigenvalue weighted by Gasteiger charge is -2.25. The van der Waals surface area contributed by atoms with E-state index >= 15 is 0 Å². The number of thioether (sulfide) groups is 1. The first-order valence-corrected chi connectivity index (χ1v) is 10.5. The number of anilines is 1. The Kier molecular flexibility index (Phi) is 6.95. The molecule has 0 spiro atoms. The lowest BCUT2D eigenvalue weighted by molar-refractivity contribution is -0.384. The van der Waals surface area contributed by atoms with Gasteiger partial charge in [0.15, 0.2) is 0 Å². The van der Waals surface area contributed by atoms with Crippen LogP contribution in [0.2, 0.25) is 5.02 Å². The second-order valence-corrected chi connectivity index (χ2v) is 8.15. The van der Waals surface area contributed by atoms with Crippen LogP contribution in [0.5, 0.6) is 0 Å². The molecule has 10 heteroatoms. The fourth-order valence-electron chi connectivity index (χ4n) is 3.14. The summed E-state index contributed by atoms with van der Waals surface area (Å²) in [5, 5.41) is 27.0. The minimum atomic E-state index is -0.626. The topological polar surface area (TPSA) is 125 Å². The van der Waals surface area contributed by atoms with E-state index in [4.69, 9.17) is 11.6 Å². The number of halogens is 1. The molecule has 0 fully saturated rings. The molecule has 2 N–H and O–H groups in total. The van der Waals surface area contributed by atoms with Gasteiger partial charge in [0, 0.05) is 35.2 Å². The summed E-state index contributed by atoms with van der Waals surface area (Å²) in [6.45, 7) is 1.78. The number of allylic oxidation sites excluding steroid dienone is 1. The number of carbonyl (C=O) groups excluding carboxylic acids is 2. The number of amides is 2. The molecule has 3 rings (SSSR count). The zero-order valence-electron chi connectivity index (χ0n) is 16.3. The van der Waals surface area contributed by atoms with Gasteiger partial charge < -0.3 is 10.6 Å². The van der Waals surface area contributed by atoms with Crippen LogP contribution in [0.15, 0.2) is 53.1 Å². The fraction of sp³-hybridized carbons (Fsp3) is 0.190. The highest BCUT2D eigenvalue weighted by molar-refractivity contribution is 8.03. The summed E-state index contributed by atoms with van der Waals surface area (Å²) in [5.41, 5.74) is 1.95. The first-order valence-electron chi connectivity index (χ1n) is 9.16. The highest BCUT2D eigenvalue weighted by Gasteiger charge is 2.30. The lowest BCUT2D eigenvalue weighted by atomic mass is 9.87. The van der Waals surface area contributed by atoms with E-state index in [0.717, 1.165) is 17.3 Å². The van der Waals surface area contributed by atoms with Crippen LogP contribution in [0, 0.1) is 28.4 Å². The van der Waals surface area contributed by atoms with E-state index < -0.39 is 10.8 Å². The van der Waals surface area contributed by atoms with Crippen LogP contribution in [-0.2, 0) is 9.59 Å². The highest BCUT2D eigenvalue weighted by atomic mass is 35.5. The molecule has 31 heavy (non-hydrogen) atoms. The molecule has 158 valence electrons. The number of hydrogen-bond donors (Lipinski definition) is 2. The minimum Gasteiger partial charge on any atom is -0.325 e. The van der Waals surface area contributed by atoms with E-state index in [1.54, 1.807) is 31.2 Å². The Morgan fingerprint density at radius 2 is 2.13 bits per heavy atom. The van der Waals surface area contributed by atoms with E-state index in [9.17, 15) is 25.0 Å². The fourth-order valence-corrected chi connectivity index (χ4v) is 4.19. The molecule has 0 radical (unpaired) electrons. The number of nitriles is 1. The minimum absolute atomic E-state index is 0.0119. The van der Waals surface area contributed by atoms with Crippen molar-refractivity contribution in [2.75, 3.05) is 11.1 Å². The first kappa shape index (κ1) is 22.3. The van der Waals surface area contributed by atoms with Crippen molar-refractivity contribution >= 4 is 46.6 Å². The number of nitrogens with one attached hydrogen (secondary N) is 2. The van der Waals surface area contributed by atoms with Crippen LogP contribution >= 0.6 is 23.4 Å². The van der Waals surface area contributed by atoms with E-state index in [1.807, 2.05) is 0 Å². The van der Waals surface area contributed by atoms with Gasteiger partial charge in [-0.25, -0.2) is 0 Å². The number of carbonyl (C=O) groups is 2. The van der Waals surface area contributed by atoms with Crippen molar-refractivity contribution < 1.29 is 14.5 Å². The quantitative estimate of drug-likeness (QED) is 0.494. The van der Waals surface area contributed by atoms with Gasteiger partial charge in [0.1, 0.15) is 0 Å². The normalized spacial score (nSPS) is 15.8. The summed E-state index contributed by atoms with van der Waals surface area (Å²) in [6, 6.07) is 13.1. The largest absolute Gasteiger partial charge is 0.325 e. The van der Waals surface area contributed by atoms with Crippen molar-refractivity contribution in [3.8, 4) is 6.07 Å². The summed E-state index contributed by atoms with van der Waals surface area (Å²) in [4.78, 5) is 35.2. The Balaban J connectivity index is 1.80. The molecule has 1 aliphatic rings. The summed E-state index contributed by atoms with van der Waals surface area (Å²) < 4.78 is 0. The molecule has 2 aromatic carbocycles. The van der Waals surface area contributed by atoms with Crippen molar-refractivity contribution in [1.82, 2.24) is 5.32 Å². The molecule has 8 nitrogen and oxygen atoms in total. The molecule has 2 amide bonds. The van der Waals surface area contributed by atoms with Gasteiger partial charge >= 0.3 is 0 Å². The van der Waals surface area contributed by atoms with Crippen LogP contribution in [0.25, 0.3) is 0 Å². The van der Waals surface area contributed by atoms with Crippen molar-refractivity contribution in [2.45, 2.75) is 19.3 Å². The second kappa shape index (κ2) is 9.64. The average molecular weight is 457 g/mol. The summed E-state index contributed by atoms with van der Waals surface area (Å²) in [6.07, 6.45) is -0.0119. The van der Waals surface area contributed by atoms with E-state index in [2.05, 4.69) is 16.7 Å². The predicted octanol–water partition coefficient (Wildman–Crippen LogP) is 4.27. The molecular weight excluding hydrogens is 440 g/mol. The second-order valence-electron chi connectivity index (χ2n) is 6.76. The van der Waals surface area contributed by atoms with Gasteiger partial charge in [0.25, 0.3) is 5.69 Å². The monoisotopic (exact) mass is 456 g/mol. The third-order valence-corrected chi connectivity index (χ3v) is 6.16.